The molecular weight excluding hydrogens is 336 g/mol. The molecule has 0 aromatic rings. The summed E-state index contributed by atoms with van der Waals surface area (Å²) in [5.74, 6) is -0.662. The lowest BCUT2D eigenvalue weighted by Crippen LogP contribution is -2.54. The largest absolute Gasteiger partial charge is 0.370 e. The molecule has 2 amide bonds. The number of nitrogens with two attached hydrogens (primary N) is 3. The first-order chi connectivity index (χ1) is 12.1. The van der Waals surface area contributed by atoms with Crippen molar-refractivity contribution in [1.82, 2.24) is 10.6 Å². The summed E-state index contributed by atoms with van der Waals surface area (Å²) >= 11 is 0. The Morgan fingerprint density at radius 2 is 1.69 bits per heavy atom. The van der Waals surface area contributed by atoms with Crippen LogP contribution in [0.3, 0.4) is 0 Å². The van der Waals surface area contributed by atoms with Crippen molar-refractivity contribution in [1.29, 1.82) is 0 Å². The number of carbonyl (C=O) groups is 3. The molecule has 3 atom stereocenters. The number of rotatable bonds is 12. The molecule has 0 saturated heterocycles. The molecule has 9 heteroatoms. The summed E-state index contributed by atoms with van der Waals surface area (Å²) in [6, 6.07) is -2.10. The van der Waals surface area contributed by atoms with Crippen LogP contribution < -0.4 is 27.8 Å². The summed E-state index contributed by atoms with van der Waals surface area (Å²) in [4.78, 5) is 39.8. The summed E-state index contributed by atoms with van der Waals surface area (Å²) in [5.41, 5.74) is 16.3. The topological polar surface area (TPSA) is 166 Å². The molecule has 0 radical (unpaired) electrons. The molecule has 0 heterocycles. The van der Waals surface area contributed by atoms with Gasteiger partial charge in [-0.15, -0.1) is 0 Å². The minimum absolute atomic E-state index is 0.0158. The fraction of sp³-hybridized carbons (Fsp3) is 0.765. The molecule has 0 rings (SSSR count). The fourth-order valence-electron chi connectivity index (χ4n) is 2.25. The first-order valence-electron chi connectivity index (χ1n) is 8.95. The van der Waals surface area contributed by atoms with Crippen LogP contribution in [0.15, 0.2) is 4.99 Å². The van der Waals surface area contributed by atoms with Gasteiger partial charge in [0.1, 0.15) is 12.3 Å². The number of amides is 2. The van der Waals surface area contributed by atoms with Crippen LogP contribution in [0.5, 0.6) is 0 Å². The molecule has 0 bridgehead atoms. The van der Waals surface area contributed by atoms with Gasteiger partial charge in [-0.05, 0) is 31.1 Å². The van der Waals surface area contributed by atoms with E-state index >= 15 is 0 Å². The standard InChI is InChI=1S/C17H34N6O3/c1-10(2)8-13(23-16(26)14(18)11(3)4)15(25)22-12(9-24)6-5-7-21-17(19)20/h9-14H,5-8,18H2,1-4H3,(H,22,25)(H,23,26)(H4,19,20,21)/t12-,13-,14+/m0/s1. The number of hydrogen-bond acceptors (Lipinski definition) is 5. The molecule has 0 aromatic heterocycles. The summed E-state index contributed by atoms with van der Waals surface area (Å²) in [6.07, 6.45) is 2.06. The summed E-state index contributed by atoms with van der Waals surface area (Å²) in [6.45, 7) is 7.93. The maximum Gasteiger partial charge on any atom is 0.243 e. The third-order valence-electron chi connectivity index (χ3n) is 3.82. The van der Waals surface area contributed by atoms with E-state index in [1.807, 2.05) is 27.7 Å². The van der Waals surface area contributed by atoms with E-state index in [0.29, 0.717) is 32.1 Å². The van der Waals surface area contributed by atoms with Crippen molar-refractivity contribution in [3.8, 4) is 0 Å². The van der Waals surface area contributed by atoms with E-state index in [0.717, 1.165) is 0 Å². The highest BCUT2D eigenvalue weighted by Gasteiger charge is 2.27. The second-order valence-electron chi connectivity index (χ2n) is 7.16. The third-order valence-corrected chi connectivity index (χ3v) is 3.82. The quantitative estimate of drug-likeness (QED) is 0.131. The van der Waals surface area contributed by atoms with E-state index < -0.39 is 24.0 Å². The van der Waals surface area contributed by atoms with E-state index in [4.69, 9.17) is 17.2 Å². The predicted octanol–water partition coefficient (Wildman–Crippen LogP) is -0.762. The van der Waals surface area contributed by atoms with Crippen molar-refractivity contribution < 1.29 is 14.4 Å². The number of nitrogens with zero attached hydrogens (tertiary/aromatic N) is 1. The van der Waals surface area contributed by atoms with Crippen molar-refractivity contribution in [2.24, 2.45) is 34.0 Å². The molecule has 0 aliphatic carbocycles. The van der Waals surface area contributed by atoms with E-state index in [2.05, 4.69) is 15.6 Å². The maximum atomic E-state index is 12.5. The van der Waals surface area contributed by atoms with Crippen molar-refractivity contribution >= 4 is 24.1 Å². The smallest absolute Gasteiger partial charge is 0.243 e. The lowest BCUT2D eigenvalue weighted by atomic mass is 10.00. The van der Waals surface area contributed by atoms with Gasteiger partial charge in [0.15, 0.2) is 5.96 Å². The van der Waals surface area contributed by atoms with Gasteiger partial charge < -0.3 is 32.6 Å². The van der Waals surface area contributed by atoms with Crippen molar-refractivity contribution in [3.63, 3.8) is 0 Å². The molecule has 26 heavy (non-hydrogen) atoms. The molecule has 0 aliphatic heterocycles. The number of aliphatic imine (C=N–C) groups is 1. The van der Waals surface area contributed by atoms with Gasteiger partial charge in [-0.1, -0.05) is 27.7 Å². The fourth-order valence-corrected chi connectivity index (χ4v) is 2.25. The van der Waals surface area contributed by atoms with E-state index in [1.165, 1.54) is 0 Å². The lowest BCUT2D eigenvalue weighted by molar-refractivity contribution is -0.131. The van der Waals surface area contributed by atoms with E-state index in [-0.39, 0.29) is 23.7 Å². The first-order valence-corrected chi connectivity index (χ1v) is 8.95. The molecule has 150 valence electrons. The normalized spacial score (nSPS) is 14.4. The number of carbonyl (C=O) groups excluding carboxylic acids is 3. The van der Waals surface area contributed by atoms with Crippen LogP contribution in [0, 0.1) is 11.8 Å². The van der Waals surface area contributed by atoms with Crippen LogP contribution >= 0.6 is 0 Å². The van der Waals surface area contributed by atoms with Gasteiger partial charge in [-0.25, -0.2) is 0 Å². The molecule has 0 saturated carbocycles. The number of guanidine groups is 1. The highest BCUT2D eigenvalue weighted by Crippen LogP contribution is 2.08. The van der Waals surface area contributed by atoms with E-state index in [1.54, 1.807) is 0 Å². The SMILES string of the molecule is CC(C)C[C@H](NC(=O)[C@H](N)C(C)C)C(=O)N[C@H](C=O)CCCN=C(N)N. The van der Waals surface area contributed by atoms with Crippen molar-refractivity contribution in [2.75, 3.05) is 6.54 Å². The Balaban J connectivity index is 4.81. The Hall–Kier alpha value is -2.16. The maximum absolute atomic E-state index is 12.5. The predicted molar refractivity (Wildman–Crippen MR) is 102 cm³/mol. The zero-order valence-corrected chi connectivity index (χ0v) is 16.2. The molecular formula is C17H34N6O3. The van der Waals surface area contributed by atoms with Crippen LogP contribution in [-0.2, 0) is 14.4 Å². The van der Waals surface area contributed by atoms with Crippen LogP contribution in [0.25, 0.3) is 0 Å². The van der Waals surface area contributed by atoms with Crippen LogP contribution in [0.1, 0.15) is 47.0 Å². The zero-order valence-electron chi connectivity index (χ0n) is 16.2. The molecule has 0 unspecified atom stereocenters. The summed E-state index contributed by atoms with van der Waals surface area (Å²) in [7, 11) is 0. The molecule has 0 aliphatic rings. The average Bonchev–Trinajstić information content (AvgIpc) is 2.55. The minimum Gasteiger partial charge on any atom is -0.370 e. The van der Waals surface area contributed by atoms with Crippen LogP contribution in [0.2, 0.25) is 0 Å². The molecule has 0 fully saturated rings. The molecule has 0 spiro atoms. The van der Waals surface area contributed by atoms with Gasteiger partial charge in [0, 0.05) is 6.54 Å². The Morgan fingerprint density at radius 3 is 2.15 bits per heavy atom. The highest BCUT2D eigenvalue weighted by molar-refractivity contribution is 5.90. The summed E-state index contributed by atoms with van der Waals surface area (Å²) < 4.78 is 0. The van der Waals surface area contributed by atoms with E-state index in [9.17, 15) is 14.4 Å². The second kappa shape index (κ2) is 12.2. The molecule has 0 aromatic carbocycles. The average molecular weight is 370 g/mol. The minimum atomic E-state index is -0.743. The van der Waals surface area contributed by atoms with Gasteiger partial charge in [-0.3, -0.25) is 14.6 Å². The number of hydrogen-bond donors (Lipinski definition) is 5. The first kappa shape index (κ1) is 23.8. The van der Waals surface area contributed by atoms with Crippen LogP contribution in [0.4, 0.5) is 0 Å². The second-order valence-corrected chi connectivity index (χ2v) is 7.16. The van der Waals surface area contributed by atoms with Gasteiger partial charge in [-0.2, -0.15) is 0 Å². The number of nitrogens with one attached hydrogen (secondary N) is 2. The van der Waals surface area contributed by atoms with Crippen molar-refractivity contribution in [2.45, 2.75) is 65.1 Å². The van der Waals surface area contributed by atoms with Gasteiger partial charge in [0.25, 0.3) is 0 Å². The Morgan fingerprint density at radius 1 is 1.08 bits per heavy atom. The molecule has 9 nitrogen and oxygen atoms in total. The Labute approximate surface area is 155 Å². The Kier molecular flexibility index (Phi) is 11.2. The monoisotopic (exact) mass is 370 g/mol. The number of aldehydes is 1. The van der Waals surface area contributed by atoms with Crippen LogP contribution in [-0.4, -0.2) is 48.7 Å². The van der Waals surface area contributed by atoms with Gasteiger partial charge in [0.05, 0.1) is 12.1 Å². The Bertz CT molecular complexity index is 489. The van der Waals surface area contributed by atoms with Crippen molar-refractivity contribution in [3.05, 3.63) is 0 Å². The highest BCUT2D eigenvalue weighted by atomic mass is 16.2. The third kappa shape index (κ3) is 9.97. The zero-order chi connectivity index (χ0) is 20.3. The van der Waals surface area contributed by atoms with Gasteiger partial charge >= 0.3 is 0 Å². The lowest BCUT2D eigenvalue weighted by Gasteiger charge is -2.24. The molecule has 8 N–H and O–H groups in total. The summed E-state index contributed by atoms with van der Waals surface area (Å²) in [5, 5.41) is 5.35. The van der Waals surface area contributed by atoms with Gasteiger partial charge in [0.2, 0.25) is 11.8 Å².